The number of nitrogens with zero attached hydrogens (tertiary/aromatic N) is 2. The van der Waals surface area contributed by atoms with E-state index in [9.17, 15) is 9.90 Å². The fraction of sp³-hybridized carbons (Fsp3) is 0.0909. The summed E-state index contributed by atoms with van der Waals surface area (Å²) < 4.78 is 10.4. The second-order valence-corrected chi connectivity index (χ2v) is 6.56. The van der Waals surface area contributed by atoms with Gasteiger partial charge in [-0.25, -0.2) is 0 Å². The van der Waals surface area contributed by atoms with E-state index in [-0.39, 0.29) is 23.6 Å². The molecule has 3 aromatic heterocycles. The van der Waals surface area contributed by atoms with Gasteiger partial charge in [0.1, 0.15) is 5.75 Å². The number of pyridine rings is 1. The molecule has 0 fully saturated rings. The number of furan rings is 1. The first-order valence-electron chi connectivity index (χ1n) is 9.19. The highest BCUT2D eigenvalue weighted by Gasteiger charge is 2.23. The molecule has 0 aliphatic rings. The maximum absolute atomic E-state index is 12.8. The van der Waals surface area contributed by atoms with Crippen molar-refractivity contribution in [2.45, 2.75) is 12.5 Å². The predicted octanol–water partition coefficient (Wildman–Crippen LogP) is 3.96. The van der Waals surface area contributed by atoms with Crippen LogP contribution in [0.5, 0.6) is 5.75 Å². The molecular weight excluding hydrogens is 384 g/mol. The number of phenols is 1. The number of rotatable bonds is 7. The van der Waals surface area contributed by atoms with Gasteiger partial charge in [-0.3, -0.25) is 9.78 Å². The lowest BCUT2D eigenvalue weighted by atomic mass is 9.97. The van der Waals surface area contributed by atoms with Crippen molar-refractivity contribution in [3.63, 3.8) is 0 Å². The van der Waals surface area contributed by atoms with Crippen molar-refractivity contribution >= 4 is 11.6 Å². The van der Waals surface area contributed by atoms with Crippen molar-refractivity contribution in [3.05, 3.63) is 90.1 Å². The molecule has 3 heterocycles. The van der Waals surface area contributed by atoms with Crippen LogP contribution in [0, 0.1) is 5.41 Å². The van der Waals surface area contributed by atoms with E-state index in [2.05, 4.69) is 15.5 Å². The Labute approximate surface area is 171 Å². The first kappa shape index (κ1) is 19.1. The van der Waals surface area contributed by atoms with E-state index >= 15 is 0 Å². The number of aromatic nitrogens is 2. The third kappa shape index (κ3) is 4.12. The van der Waals surface area contributed by atoms with Gasteiger partial charge >= 0.3 is 0 Å². The van der Waals surface area contributed by atoms with Crippen molar-refractivity contribution in [1.82, 2.24) is 15.5 Å². The van der Waals surface area contributed by atoms with Gasteiger partial charge in [-0.05, 0) is 24.3 Å². The minimum atomic E-state index is -0.657. The molecule has 4 rings (SSSR count). The number of hydrogen-bond donors (Lipinski definition) is 3. The van der Waals surface area contributed by atoms with Crippen LogP contribution in [0.4, 0.5) is 0 Å². The Morgan fingerprint density at radius 2 is 2.00 bits per heavy atom. The lowest BCUT2D eigenvalue weighted by molar-refractivity contribution is 0.0928. The summed E-state index contributed by atoms with van der Waals surface area (Å²) in [5.41, 5.74) is 1.46. The van der Waals surface area contributed by atoms with E-state index in [0.717, 1.165) is 0 Å². The highest BCUT2D eigenvalue weighted by molar-refractivity contribution is 5.99. The normalized spacial score (nSPS) is 11.7. The summed E-state index contributed by atoms with van der Waals surface area (Å²) >= 11 is 0. The van der Waals surface area contributed by atoms with Gasteiger partial charge in [0.05, 0.1) is 12.3 Å². The van der Waals surface area contributed by atoms with Crippen molar-refractivity contribution < 1.29 is 18.8 Å². The number of para-hydroxylation sites is 1. The summed E-state index contributed by atoms with van der Waals surface area (Å²) in [4.78, 5) is 16.8. The minimum absolute atomic E-state index is 0.0261. The molecule has 30 heavy (non-hydrogen) atoms. The molecule has 0 aliphatic heterocycles. The van der Waals surface area contributed by atoms with Crippen molar-refractivity contribution in [2.75, 3.05) is 0 Å². The zero-order chi connectivity index (χ0) is 20.9. The molecule has 0 spiro atoms. The van der Waals surface area contributed by atoms with Crippen LogP contribution in [0.1, 0.15) is 34.1 Å². The van der Waals surface area contributed by atoms with Crippen molar-refractivity contribution in [2.24, 2.45) is 0 Å². The Bertz CT molecular complexity index is 1150. The molecule has 0 bridgehead atoms. The first-order valence-corrected chi connectivity index (χ1v) is 9.19. The van der Waals surface area contributed by atoms with E-state index in [1.54, 1.807) is 54.9 Å². The SMILES string of the molecule is N=C(CC(NC(=O)c1cc(-c2ccco2)on1)c1ccccc1O)c1cccnc1. The summed E-state index contributed by atoms with van der Waals surface area (Å²) in [5, 5.41) is 25.3. The van der Waals surface area contributed by atoms with E-state index in [4.69, 9.17) is 14.3 Å². The lowest BCUT2D eigenvalue weighted by Crippen LogP contribution is -2.30. The van der Waals surface area contributed by atoms with Crippen LogP contribution in [-0.4, -0.2) is 26.9 Å². The molecule has 3 N–H and O–H groups in total. The van der Waals surface area contributed by atoms with Crippen LogP contribution >= 0.6 is 0 Å². The van der Waals surface area contributed by atoms with Crippen molar-refractivity contribution in [1.29, 1.82) is 5.41 Å². The minimum Gasteiger partial charge on any atom is -0.508 e. The highest BCUT2D eigenvalue weighted by atomic mass is 16.5. The van der Waals surface area contributed by atoms with Crippen LogP contribution in [0.2, 0.25) is 0 Å². The molecule has 0 saturated carbocycles. The molecule has 0 aliphatic carbocycles. The number of amides is 1. The van der Waals surface area contributed by atoms with Crippen molar-refractivity contribution in [3.8, 4) is 17.3 Å². The fourth-order valence-corrected chi connectivity index (χ4v) is 3.03. The smallest absolute Gasteiger partial charge is 0.273 e. The Hall–Kier alpha value is -4.20. The summed E-state index contributed by atoms with van der Waals surface area (Å²) in [6.07, 6.45) is 4.85. The molecule has 4 aromatic rings. The molecule has 1 unspecified atom stereocenters. The molecule has 1 amide bonds. The second kappa shape index (κ2) is 8.44. The standard InChI is InChI=1S/C22H18N4O4/c23-16(14-5-3-9-24-13-14)11-17(15-6-1-2-7-19(15)27)25-22(28)18-12-21(30-26-18)20-8-4-10-29-20/h1-10,12-13,17,23,27H,11H2,(H,25,28). The fourth-order valence-electron chi connectivity index (χ4n) is 3.03. The number of carbonyl (C=O) groups excluding carboxylic acids is 1. The monoisotopic (exact) mass is 402 g/mol. The van der Waals surface area contributed by atoms with Gasteiger partial charge in [0, 0.05) is 41.7 Å². The van der Waals surface area contributed by atoms with Crippen LogP contribution in [0.25, 0.3) is 11.5 Å². The molecule has 8 heteroatoms. The van der Waals surface area contributed by atoms with Crippen LogP contribution < -0.4 is 5.32 Å². The number of carbonyl (C=O) groups is 1. The highest BCUT2D eigenvalue weighted by Crippen LogP contribution is 2.28. The molecule has 1 atom stereocenters. The van der Waals surface area contributed by atoms with Crippen LogP contribution in [0.3, 0.4) is 0 Å². The Morgan fingerprint density at radius 3 is 2.73 bits per heavy atom. The topological polar surface area (TPSA) is 125 Å². The van der Waals surface area contributed by atoms with E-state index in [0.29, 0.717) is 22.6 Å². The third-order valence-corrected chi connectivity index (χ3v) is 4.54. The first-order chi connectivity index (χ1) is 14.6. The molecular formula is C22H18N4O4. The molecule has 8 nitrogen and oxygen atoms in total. The van der Waals surface area contributed by atoms with Gasteiger partial charge in [0.25, 0.3) is 5.91 Å². The van der Waals surface area contributed by atoms with Gasteiger partial charge < -0.3 is 24.8 Å². The maximum Gasteiger partial charge on any atom is 0.273 e. The lowest BCUT2D eigenvalue weighted by Gasteiger charge is -2.20. The Morgan fingerprint density at radius 1 is 1.13 bits per heavy atom. The summed E-state index contributed by atoms with van der Waals surface area (Å²) in [7, 11) is 0. The molecule has 0 saturated heterocycles. The molecule has 0 radical (unpaired) electrons. The zero-order valence-electron chi connectivity index (χ0n) is 15.8. The number of hydrogen-bond acceptors (Lipinski definition) is 7. The summed E-state index contributed by atoms with van der Waals surface area (Å²) in [5.74, 6) is 0.312. The number of aromatic hydroxyl groups is 1. The predicted molar refractivity (Wildman–Crippen MR) is 108 cm³/mol. The maximum atomic E-state index is 12.8. The van der Waals surface area contributed by atoms with Gasteiger partial charge in [-0.1, -0.05) is 29.4 Å². The van der Waals surface area contributed by atoms with E-state index in [1.807, 2.05) is 0 Å². The molecule has 1 aromatic carbocycles. The van der Waals surface area contributed by atoms with Gasteiger partial charge in [-0.15, -0.1) is 0 Å². The van der Waals surface area contributed by atoms with Crippen LogP contribution in [-0.2, 0) is 0 Å². The average Bonchev–Trinajstić information content (AvgIpc) is 3.46. The number of benzene rings is 1. The molecule has 150 valence electrons. The van der Waals surface area contributed by atoms with Gasteiger partial charge in [-0.2, -0.15) is 0 Å². The summed E-state index contributed by atoms with van der Waals surface area (Å²) in [6, 6.07) is 14.4. The largest absolute Gasteiger partial charge is 0.508 e. The van der Waals surface area contributed by atoms with Gasteiger partial charge in [0.15, 0.2) is 11.5 Å². The Kier molecular flexibility index (Phi) is 5.38. The third-order valence-electron chi connectivity index (χ3n) is 4.54. The average molecular weight is 402 g/mol. The summed E-state index contributed by atoms with van der Waals surface area (Å²) in [6.45, 7) is 0. The zero-order valence-corrected chi connectivity index (χ0v) is 15.8. The van der Waals surface area contributed by atoms with E-state index in [1.165, 1.54) is 18.4 Å². The van der Waals surface area contributed by atoms with Crippen LogP contribution in [0.15, 0.2) is 82.2 Å². The van der Waals surface area contributed by atoms with E-state index < -0.39 is 11.9 Å². The van der Waals surface area contributed by atoms with Gasteiger partial charge in [0.2, 0.25) is 5.76 Å². The number of nitrogens with one attached hydrogen (secondary N) is 2. The second-order valence-electron chi connectivity index (χ2n) is 6.56. The number of phenolic OH excluding ortho intramolecular Hbond substituents is 1. The quantitative estimate of drug-likeness (QED) is 0.402. The Balaban J connectivity index is 1.57.